The van der Waals surface area contributed by atoms with Crippen molar-refractivity contribution < 1.29 is 9.84 Å². The van der Waals surface area contributed by atoms with Gasteiger partial charge in [-0.15, -0.1) is 0 Å². The molecule has 1 atom stereocenters. The largest absolute Gasteiger partial charge is 0.393 e. The average molecular weight is 292 g/mol. The number of rotatable bonds is 7. The summed E-state index contributed by atoms with van der Waals surface area (Å²) in [5, 5.41) is 14.9. The van der Waals surface area contributed by atoms with E-state index in [1.807, 2.05) is 6.92 Å². The number of aliphatic hydroxyl groups excluding tert-OH is 1. The van der Waals surface area contributed by atoms with Crippen LogP contribution in [0.25, 0.3) is 0 Å². The first kappa shape index (κ1) is 15.0. The van der Waals surface area contributed by atoms with Gasteiger partial charge in [0.15, 0.2) is 0 Å². The van der Waals surface area contributed by atoms with Crippen molar-refractivity contribution in [3.8, 4) is 0 Å². The Labute approximate surface area is 127 Å². The molecular formula is C17H28N2O2. The van der Waals surface area contributed by atoms with Gasteiger partial charge in [-0.3, -0.25) is 4.68 Å². The number of ether oxygens (including phenoxy) is 1. The zero-order chi connectivity index (χ0) is 14.7. The lowest BCUT2D eigenvalue weighted by atomic mass is 9.78. The summed E-state index contributed by atoms with van der Waals surface area (Å²) < 4.78 is 7.69. The fourth-order valence-electron chi connectivity index (χ4n) is 3.81. The van der Waals surface area contributed by atoms with Crippen LogP contribution in [0.5, 0.6) is 0 Å². The van der Waals surface area contributed by atoms with Crippen molar-refractivity contribution in [1.82, 2.24) is 9.78 Å². The first-order valence-corrected chi connectivity index (χ1v) is 8.58. The molecule has 118 valence electrons. The average Bonchev–Trinajstić information content (AvgIpc) is 3.06. The molecule has 4 nitrogen and oxygen atoms in total. The predicted octanol–water partition coefficient (Wildman–Crippen LogP) is 3.11. The third kappa shape index (κ3) is 3.86. The zero-order valence-corrected chi connectivity index (χ0v) is 13.1. The van der Waals surface area contributed by atoms with Crippen LogP contribution in [0, 0.1) is 5.92 Å². The summed E-state index contributed by atoms with van der Waals surface area (Å²) in [4.78, 5) is 0. The van der Waals surface area contributed by atoms with E-state index in [1.165, 1.54) is 25.7 Å². The minimum atomic E-state index is -0.260. The van der Waals surface area contributed by atoms with Gasteiger partial charge in [0.05, 0.1) is 23.9 Å². The highest BCUT2D eigenvalue weighted by Gasteiger charge is 2.31. The topological polar surface area (TPSA) is 47.3 Å². The summed E-state index contributed by atoms with van der Waals surface area (Å²) in [6.45, 7) is 2.85. The normalized spacial score (nSPS) is 27.7. The summed E-state index contributed by atoms with van der Waals surface area (Å²) in [6, 6.07) is 2.67. The van der Waals surface area contributed by atoms with Crippen molar-refractivity contribution in [2.45, 2.75) is 76.5 Å². The second-order valence-corrected chi connectivity index (χ2v) is 6.73. The Kier molecular flexibility index (Phi) is 4.96. The van der Waals surface area contributed by atoms with Crippen LogP contribution >= 0.6 is 0 Å². The fourth-order valence-corrected chi connectivity index (χ4v) is 3.81. The SMILES string of the molecule is CCOC1CC(CC(O)Cc2ccn(C3CCCC3)n2)C1. The molecular weight excluding hydrogens is 264 g/mol. The molecule has 21 heavy (non-hydrogen) atoms. The highest BCUT2D eigenvalue weighted by molar-refractivity contribution is 5.02. The van der Waals surface area contributed by atoms with Crippen molar-refractivity contribution >= 4 is 0 Å². The number of hydrogen-bond acceptors (Lipinski definition) is 3. The first-order valence-electron chi connectivity index (χ1n) is 8.58. The second-order valence-electron chi connectivity index (χ2n) is 6.73. The molecule has 0 aliphatic heterocycles. The Bertz CT molecular complexity index is 434. The van der Waals surface area contributed by atoms with Gasteiger partial charge in [0.2, 0.25) is 0 Å². The maximum absolute atomic E-state index is 10.2. The molecule has 2 fully saturated rings. The van der Waals surface area contributed by atoms with Crippen LogP contribution in [0.3, 0.4) is 0 Å². The highest BCUT2D eigenvalue weighted by atomic mass is 16.5. The fraction of sp³-hybridized carbons (Fsp3) is 0.824. The van der Waals surface area contributed by atoms with Gasteiger partial charge in [-0.25, -0.2) is 0 Å². The van der Waals surface area contributed by atoms with Crippen LogP contribution < -0.4 is 0 Å². The van der Waals surface area contributed by atoms with Crippen LogP contribution in [0.15, 0.2) is 12.3 Å². The second kappa shape index (κ2) is 6.93. The molecule has 0 amide bonds. The van der Waals surface area contributed by atoms with Crippen LogP contribution in [-0.2, 0) is 11.2 Å². The summed E-state index contributed by atoms with van der Waals surface area (Å²) in [6.07, 6.45) is 11.2. The highest BCUT2D eigenvalue weighted by Crippen LogP contribution is 2.34. The van der Waals surface area contributed by atoms with Crippen LogP contribution in [-0.4, -0.2) is 33.7 Å². The number of aromatic nitrogens is 2. The van der Waals surface area contributed by atoms with Gasteiger partial charge in [-0.1, -0.05) is 12.8 Å². The Morgan fingerprint density at radius 3 is 2.86 bits per heavy atom. The van der Waals surface area contributed by atoms with Crippen LogP contribution in [0.1, 0.15) is 63.6 Å². The molecule has 0 aromatic carbocycles. The van der Waals surface area contributed by atoms with E-state index >= 15 is 0 Å². The van der Waals surface area contributed by atoms with Crippen molar-refractivity contribution in [2.75, 3.05) is 6.61 Å². The maximum Gasteiger partial charge on any atom is 0.0650 e. The van der Waals surface area contributed by atoms with Gasteiger partial charge in [0.1, 0.15) is 0 Å². The molecule has 0 saturated heterocycles. The molecule has 3 rings (SSSR count). The molecule has 0 radical (unpaired) electrons. The number of nitrogens with zero attached hydrogens (tertiary/aromatic N) is 2. The van der Waals surface area contributed by atoms with E-state index in [4.69, 9.17) is 4.74 Å². The third-order valence-corrected chi connectivity index (χ3v) is 5.01. The maximum atomic E-state index is 10.2. The molecule has 1 aromatic rings. The lowest BCUT2D eigenvalue weighted by molar-refractivity contribution is -0.0376. The van der Waals surface area contributed by atoms with E-state index in [9.17, 15) is 5.11 Å². The van der Waals surface area contributed by atoms with Crippen molar-refractivity contribution in [3.63, 3.8) is 0 Å². The minimum Gasteiger partial charge on any atom is -0.393 e. The first-order chi connectivity index (χ1) is 10.2. The molecule has 0 bridgehead atoms. The van der Waals surface area contributed by atoms with Crippen molar-refractivity contribution in [3.05, 3.63) is 18.0 Å². The van der Waals surface area contributed by atoms with Gasteiger partial charge in [0, 0.05) is 19.2 Å². The molecule has 0 spiro atoms. The molecule has 1 N–H and O–H groups in total. The minimum absolute atomic E-state index is 0.260. The summed E-state index contributed by atoms with van der Waals surface area (Å²) in [5.41, 5.74) is 1.04. The van der Waals surface area contributed by atoms with E-state index in [0.29, 0.717) is 24.5 Å². The van der Waals surface area contributed by atoms with Gasteiger partial charge in [-0.2, -0.15) is 5.10 Å². The van der Waals surface area contributed by atoms with E-state index in [1.54, 1.807) is 0 Å². The lowest BCUT2D eigenvalue weighted by Gasteiger charge is -2.36. The lowest BCUT2D eigenvalue weighted by Crippen LogP contribution is -2.34. The van der Waals surface area contributed by atoms with E-state index in [-0.39, 0.29) is 6.10 Å². The summed E-state index contributed by atoms with van der Waals surface area (Å²) in [5.74, 6) is 0.633. The Morgan fingerprint density at radius 1 is 1.38 bits per heavy atom. The van der Waals surface area contributed by atoms with Gasteiger partial charge < -0.3 is 9.84 Å². The van der Waals surface area contributed by atoms with Gasteiger partial charge in [0.25, 0.3) is 0 Å². The standard InChI is InChI=1S/C17H28N2O2/c1-2-21-17-10-13(11-17)9-16(20)12-14-7-8-19(18-14)15-5-3-4-6-15/h7-8,13,15-17,20H,2-6,9-12H2,1H3. The van der Waals surface area contributed by atoms with E-state index in [0.717, 1.165) is 31.6 Å². The Morgan fingerprint density at radius 2 is 2.14 bits per heavy atom. The zero-order valence-electron chi connectivity index (χ0n) is 13.1. The third-order valence-electron chi connectivity index (χ3n) is 5.01. The van der Waals surface area contributed by atoms with E-state index < -0.39 is 0 Å². The Balaban J connectivity index is 1.41. The molecule has 1 aromatic heterocycles. The number of hydrogen-bond donors (Lipinski definition) is 1. The molecule has 1 unspecified atom stereocenters. The van der Waals surface area contributed by atoms with Crippen LogP contribution in [0.4, 0.5) is 0 Å². The van der Waals surface area contributed by atoms with Gasteiger partial charge in [-0.05, 0) is 51.0 Å². The molecule has 1 heterocycles. The molecule has 2 saturated carbocycles. The summed E-state index contributed by atoms with van der Waals surface area (Å²) >= 11 is 0. The van der Waals surface area contributed by atoms with E-state index in [2.05, 4.69) is 22.0 Å². The molecule has 4 heteroatoms. The number of aliphatic hydroxyl groups is 1. The molecule has 2 aliphatic rings. The summed E-state index contributed by atoms with van der Waals surface area (Å²) in [7, 11) is 0. The smallest absolute Gasteiger partial charge is 0.0650 e. The predicted molar refractivity (Wildman–Crippen MR) is 82.2 cm³/mol. The van der Waals surface area contributed by atoms with Gasteiger partial charge >= 0.3 is 0 Å². The molecule has 2 aliphatic carbocycles. The monoisotopic (exact) mass is 292 g/mol. The van der Waals surface area contributed by atoms with Crippen LogP contribution in [0.2, 0.25) is 0 Å². The van der Waals surface area contributed by atoms with Crippen molar-refractivity contribution in [2.24, 2.45) is 5.92 Å². The quantitative estimate of drug-likeness (QED) is 0.840. The van der Waals surface area contributed by atoms with Crippen molar-refractivity contribution in [1.29, 1.82) is 0 Å². The Hall–Kier alpha value is -0.870.